The highest BCUT2D eigenvalue weighted by atomic mass is 15.1. The Morgan fingerprint density at radius 1 is 1.62 bits per heavy atom. The minimum absolute atomic E-state index is 0.752. The number of hydrogen-bond acceptors (Lipinski definition) is 3. The van der Waals surface area contributed by atoms with Crippen LogP contribution in [0.25, 0.3) is 0 Å². The number of anilines is 1. The molecule has 0 unspecified atom stereocenters. The Bertz CT molecular complexity index is 189. The van der Waals surface area contributed by atoms with Gasteiger partial charge in [-0.25, -0.2) is 9.97 Å². The highest BCUT2D eigenvalue weighted by molar-refractivity contribution is 5.31. The van der Waals surface area contributed by atoms with Gasteiger partial charge in [-0.2, -0.15) is 0 Å². The zero-order valence-electron chi connectivity index (χ0n) is 4.26. The first-order valence-corrected chi connectivity index (χ1v) is 2.51. The summed E-state index contributed by atoms with van der Waals surface area (Å²) >= 11 is 0. The molecular formula is C5H5N3. The van der Waals surface area contributed by atoms with Crippen LogP contribution in [0.2, 0.25) is 0 Å². The number of aromatic nitrogens is 2. The van der Waals surface area contributed by atoms with Gasteiger partial charge in [0.1, 0.15) is 0 Å². The second-order valence-corrected chi connectivity index (χ2v) is 1.73. The molecule has 0 amide bonds. The Morgan fingerprint density at radius 2 is 2.62 bits per heavy atom. The minimum Gasteiger partial charge on any atom is -0.349 e. The van der Waals surface area contributed by atoms with Crippen molar-refractivity contribution in [3.63, 3.8) is 0 Å². The smallest absolute Gasteiger partial charge is 0.223 e. The lowest BCUT2D eigenvalue weighted by Crippen LogP contribution is -1.87. The molecule has 2 rings (SSSR count). The SMILES string of the molecule is c1cc2nc(n1)NC2. The summed E-state index contributed by atoms with van der Waals surface area (Å²) in [6.07, 6.45) is 1.76. The van der Waals surface area contributed by atoms with E-state index in [9.17, 15) is 0 Å². The topological polar surface area (TPSA) is 37.8 Å². The Morgan fingerprint density at radius 3 is 3.38 bits per heavy atom. The molecule has 1 N–H and O–H groups in total. The summed E-state index contributed by atoms with van der Waals surface area (Å²) in [7, 11) is 0. The van der Waals surface area contributed by atoms with E-state index in [1.807, 2.05) is 6.07 Å². The maximum absolute atomic E-state index is 4.06. The van der Waals surface area contributed by atoms with Gasteiger partial charge in [0, 0.05) is 6.20 Å². The summed E-state index contributed by atoms with van der Waals surface area (Å²) in [5.74, 6) is 0.752. The van der Waals surface area contributed by atoms with Crippen LogP contribution in [0.3, 0.4) is 0 Å². The van der Waals surface area contributed by atoms with Crippen LogP contribution in [0.1, 0.15) is 5.69 Å². The number of hydrogen-bond donors (Lipinski definition) is 1. The van der Waals surface area contributed by atoms with E-state index in [0.29, 0.717) is 0 Å². The third-order valence-corrected chi connectivity index (χ3v) is 1.14. The highest BCUT2D eigenvalue weighted by Gasteiger charge is 2.04. The van der Waals surface area contributed by atoms with E-state index in [2.05, 4.69) is 15.3 Å². The van der Waals surface area contributed by atoms with Crippen molar-refractivity contribution in [3.8, 4) is 0 Å². The van der Waals surface area contributed by atoms with Crippen molar-refractivity contribution < 1.29 is 0 Å². The Balaban J connectivity index is 2.66. The molecule has 0 aromatic carbocycles. The molecule has 2 bridgehead atoms. The van der Waals surface area contributed by atoms with Crippen molar-refractivity contribution in [1.82, 2.24) is 9.97 Å². The van der Waals surface area contributed by atoms with Crippen molar-refractivity contribution in [3.05, 3.63) is 18.0 Å². The van der Waals surface area contributed by atoms with Crippen LogP contribution in [-0.2, 0) is 6.54 Å². The Hall–Kier alpha value is -1.12. The molecule has 40 valence electrons. The molecule has 1 aromatic rings. The molecule has 2 heterocycles. The molecule has 1 aliphatic rings. The zero-order chi connectivity index (χ0) is 5.40. The average Bonchev–Trinajstić information content (AvgIpc) is 2.12. The first-order valence-electron chi connectivity index (χ1n) is 2.51. The third kappa shape index (κ3) is 0.381. The van der Waals surface area contributed by atoms with Gasteiger partial charge in [0.15, 0.2) is 0 Å². The summed E-state index contributed by atoms with van der Waals surface area (Å²) in [4.78, 5) is 7.99. The summed E-state index contributed by atoms with van der Waals surface area (Å²) in [5.41, 5.74) is 1.08. The first kappa shape index (κ1) is 3.83. The van der Waals surface area contributed by atoms with Crippen LogP contribution in [0.5, 0.6) is 0 Å². The lowest BCUT2D eigenvalue weighted by Gasteiger charge is -1.82. The molecule has 1 aliphatic heterocycles. The van der Waals surface area contributed by atoms with Crippen LogP contribution in [0.4, 0.5) is 5.95 Å². The Kier molecular flexibility index (Phi) is 0.566. The number of fused-ring (bicyclic) bond motifs is 2. The van der Waals surface area contributed by atoms with E-state index in [1.54, 1.807) is 6.20 Å². The molecule has 3 nitrogen and oxygen atoms in total. The lowest BCUT2D eigenvalue weighted by molar-refractivity contribution is 1.17. The summed E-state index contributed by atoms with van der Waals surface area (Å²) in [6, 6.07) is 1.91. The monoisotopic (exact) mass is 107 g/mol. The van der Waals surface area contributed by atoms with Crippen molar-refractivity contribution in [2.24, 2.45) is 0 Å². The normalized spacial score (nSPS) is 13.5. The standard InChI is InChI=1S/C5H5N3/c1-2-6-5-7-3-4(1)8-5/h1-2H,3H2,(H,6,7,8). The van der Waals surface area contributed by atoms with Gasteiger partial charge in [-0.15, -0.1) is 0 Å². The second-order valence-electron chi connectivity index (χ2n) is 1.73. The van der Waals surface area contributed by atoms with Crippen molar-refractivity contribution in [2.45, 2.75) is 6.54 Å². The third-order valence-electron chi connectivity index (χ3n) is 1.14. The fourth-order valence-electron chi connectivity index (χ4n) is 0.749. The molecule has 0 saturated carbocycles. The fourth-order valence-corrected chi connectivity index (χ4v) is 0.749. The molecule has 0 spiro atoms. The van der Waals surface area contributed by atoms with Gasteiger partial charge in [-0.1, -0.05) is 0 Å². The lowest BCUT2D eigenvalue weighted by atomic mass is 10.4. The number of nitrogens with zero attached hydrogens (tertiary/aromatic N) is 2. The highest BCUT2D eigenvalue weighted by Crippen LogP contribution is 2.08. The van der Waals surface area contributed by atoms with Crippen molar-refractivity contribution in [1.29, 1.82) is 0 Å². The summed E-state index contributed by atoms with van der Waals surface area (Å²) in [5, 5.41) is 3.00. The minimum atomic E-state index is 0.752. The molecule has 3 heteroatoms. The van der Waals surface area contributed by atoms with Gasteiger partial charge in [-0.3, -0.25) is 0 Å². The van der Waals surface area contributed by atoms with Crippen LogP contribution in [0.15, 0.2) is 12.3 Å². The van der Waals surface area contributed by atoms with Gasteiger partial charge < -0.3 is 5.32 Å². The van der Waals surface area contributed by atoms with Crippen LogP contribution < -0.4 is 5.32 Å². The second kappa shape index (κ2) is 1.18. The van der Waals surface area contributed by atoms with Crippen molar-refractivity contribution in [2.75, 3.05) is 5.32 Å². The van der Waals surface area contributed by atoms with Gasteiger partial charge >= 0.3 is 0 Å². The summed E-state index contributed by atoms with van der Waals surface area (Å²) < 4.78 is 0. The van der Waals surface area contributed by atoms with E-state index in [1.165, 1.54) is 0 Å². The first-order chi connectivity index (χ1) is 3.95. The van der Waals surface area contributed by atoms with Crippen LogP contribution in [0, 0.1) is 0 Å². The van der Waals surface area contributed by atoms with E-state index >= 15 is 0 Å². The van der Waals surface area contributed by atoms with Crippen LogP contribution >= 0.6 is 0 Å². The van der Waals surface area contributed by atoms with Gasteiger partial charge in [0.2, 0.25) is 5.95 Å². The van der Waals surface area contributed by atoms with Crippen LogP contribution in [-0.4, -0.2) is 9.97 Å². The predicted octanol–water partition coefficient (Wildman–Crippen LogP) is 0.402. The van der Waals surface area contributed by atoms with E-state index in [-0.39, 0.29) is 0 Å². The molecule has 0 fully saturated rings. The van der Waals surface area contributed by atoms with Gasteiger partial charge in [0.25, 0.3) is 0 Å². The summed E-state index contributed by atoms with van der Waals surface area (Å²) in [6.45, 7) is 0.843. The Labute approximate surface area is 46.8 Å². The molecule has 8 heavy (non-hydrogen) atoms. The molecule has 1 aromatic heterocycles. The van der Waals surface area contributed by atoms with E-state index in [4.69, 9.17) is 0 Å². The fraction of sp³-hybridized carbons (Fsp3) is 0.200. The van der Waals surface area contributed by atoms with E-state index in [0.717, 1.165) is 18.2 Å². The largest absolute Gasteiger partial charge is 0.349 e. The molecule has 0 radical (unpaired) electrons. The van der Waals surface area contributed by atoms with Crippen molar-refractivity contribution >= 4 is 5.95 Å². The van der Waals surface area contributed by atoms with E-state index < -0.39 is 0 Å². The average molecular weight is 107 g/mol. The quantitative estimate of drug-likeness (QED) is 0.521. The number of nitrogens with one attached hydrogen (secondary N) is 1. The zero-order valence-corrected chi connectivity index (χ0v) is 4.26. The maximum Gasteiger partial charge on any atom is 0.223 e. The maximum atomic E-state index is 4.06. The predicted molar refractivity (Wildman–Crippen MR) is 29.4 cm³/mol. The molecule has 0 atom stereocenters. The van der Waals surface area contributed by atoms with Gasteiger partial charge in [-0.05, 0) is 6.07 Å². The number of rotatable bonds is 0. The molecule has 0 saturated heterocycles. The molecular weight excluding hydrogens is 102 g/mol. The molecule has 0 aliphatic carbocycles. The van der Waals surface area contributed by atoms with Gasteiger partial charge in [0.05, 0.1) is 12.2 Å².